The zero-order chi connectivity index (χ0) is 20.0. The summed E-state index contributed by atoms with van der Waals surface area (Å²) in [5, 5.41) is 4.10. The van der Waals surface area contributed by atoms with Crippen LogP contribution < -0.4 is 16.0 Å². The molecule has 150 valence electrons. The molecule has 4 N–H and O–H groups in total. The van der Waals surface area contributed by atoms with E-state index in [1.165, 1.54) is 5.56 Å². The third-order valence-corrected chi connectivity index (χ3v) is 6.60. The number of amides is 1. The van der Waals surface area contributed by atoms with Gasteiger partial charge in [0, 0.05) is 37.4 Å². The second-order valence-electron chi connectivity index (χ2n) is 8.08. The Balaban J connectivity index is 1.42. The number of nitrogens with two attached hydrogens (primary N) is 1. The van der Waals surface area contributed by atoms with Gasteiger partial charge in [0.15, 0.2) is 0 Å². The molecule has 0 bridgehead atoms. The summed E-state index contributed by atoms with van der Waals surface area (Å²) in [5.74, 6) is 0.404. The average Bonchev–Trinajstić information content (AvgIpc) is 3.44. The van der Waals surface area contributed by atoms with E-state index in [4.69, 9.17) is 5.73 Å². The fraction of sp³-hybridized carbons (Fsp3) is 0.364. The molecule has 0 radical (unpaired) electrons. The van der Waals surface area contributed by atoms with Crippen molar-refractivity contribution < 1.29 is 4.79 Å². The molecule has 1 saturated heterocycles. The van der Waals surface area contributed by atoms with Gasteiger partial charge >= 0.3 is 0 Å². The Bertz CT molecular complexity index is 1050. The van der Waals surface area contributed by atoms with Crippen molar-refractivity contribution in [2.75, 3.05) is 23.3 Å². The maximum Gasteiger partial charge on any atom is 0.228 e. The number of anilines is 2. The monoisotopic (exact) mass is 453 g/mol. The van der Waals surface area contributed by atoms with E-state index in [-0.39, 0.29) is 17.9 Å². The molecule has 6 nitrogen and oxygen atoms in total. The lowest BCUT2D eigenvalue weighted by atomic mass is 10.1. The number of nitrogens with one attached hydrogen (secondary N) is 2. The van der Waals surface area contributed by atoms with Crippen molar-refractivity contribution in [2.45, 2.75) is 31.2 Å². The van der Waals surface area contributed by atoms with Crippen LogP contribution in [0.5, 0.6) is 0 Å². The molecule has 3 heterocycles. The maximum absolute atomic E-state index is 12.9. The average molecular weight is 454 g/mol. The van der Waals surface area contributed by atoms with Crippen LogP contribution in [0.15, 0.2) is 47.2 Å². The van der Waals surface area contributed by atoms with Crippen molar-refractivity contribution >= 4 is 44.2 Å². The SMILES string of the molecule is N[C@@H]1CCCN(c2c(Br)cnc3[nH]cc(NC(=O)C4C[C@@H]4c4ccccc4)c23)C1. The van der Waals surface area contributed by atoms with Gasteiger partial charge in [0.1, 0.15) is 5.65 Å². The lowest BCUT2D eigenvalue weighted by Gasteiger charge is -2.33. The normalized spacial score (nSPS) is 23.9. The lowest BCUT2D eigenvalue weighted by Crippen LogP contribution is -2.43. The molecule has 1 unspecified atom stereocenters. The van der Waals surface area contributed by atoms with Gasteiger partial charge in [-0.3, -0.25) is 4.79 Å². The molecule has 5 rings (SSSR count). The summed E-state index contributed by atoms with van der Waals surface area (Å²) in [7, 11) is 0. The first-order valence-corrected chi connectivity index (χ1v) is 10.9. The Labute approximate surface area is 178 Å². The van der Waals surface area contributed by atoms with E-state index in [0.717, 1.165) is 59.2 Å². The van der Waals surface area contributed by atoms with E-state index in [1.807, 2.05) is 30.6 Å². The third-order valence-electron chi connectivity index (χ3n) is 6.02. The van der Waals surface area contributed by atoms with Gasteiger partial charge in [-0.15, -0.1) is 0 Å². The van der Waals surface area contributed by atoms with E-state index in [2.05, 4.69) is 48.2 Å². The van der Waals surface area contributed by atoms with E-state index in [9.17, 15) is 4.79 Å². The molecule has 7 heteroatoms. The molecule has 2 aliphatic rings. The molecule has 3 atom stereocenters. The van der Waals surface area contributed by atoms with E-state index < -0.39 is 0 Å². The van der Waals surface area contributed by atoms with Crippen molar-refractivity contribution in [3.05, 3.63) is 52.8 Å². The van der Waals surface area contributed by atoms with E-state index >= 15 is 0 Å². The number of H-pyrrole nitrogens is 1. The van der Waals surface area contributed by atoms with Crippen LogP contribution in [0.1, 0.15) is 30.7 Å². The van der Waals surface area contributed by atoms with E-state index in [1.54, 1.807) is 0 Å². The van der Waals surface area contributed by atoms with Gasteiger partial charge in [-0.25, -0.2) is 4.98 Å². The number of benzene rings is 1. The molecular formula is C22H24BrN5O. The van der Waals surface area contributed by atoms with Crippen LogP contribution in [-0.2, 0) is 4.79 Å². The number of aromatic amines is 1. The van der Waals surface area contributed by atoms with Gasteiger partial charge in [0.2, 0.25) is 5.91 Å². The highest BCUT2D eigenvalue weighted by molar-refractivity contribution is 9.10. The van der Waals surface area contributed by atoms with Crippen molar-refractivity contribution in [1.82, 2.24) is 9.97 Å². The van der Waals surface area contributed by atoms with Crippen molar-refractivity contribution in [3.8, 4) is 0 Å². The number of aromatic nitrogens is 2. The van der Waals surface area contributed by atoms with Gasteiger partial charge in [-0.2, -0.15) is 0 Å². The van der Waals surface area contributed by atoms with Crippen LogP contribution in [0, 0.1) is 5.92 Å². The summed E-state index contributed by atoms with van der Waals surface area (Å²) < 4.78 is 0.919. The first-order chi connectivity index (χ1) is 14.1. The van der Waals surface area contributed by atoms with Crippen LogP contribution in [0.2, 0.25) is 0 Å². The van der Waals surface area contributed by atoms with Gasteiger partial charge < -0.3 is 20.9 Å². The minimum Gasteiger partial charge on any atom is -0.368 e. The second-order valence-corrected chi connectivity index (χ2v) is 8.93. The molecule has 1 aromatic carbocycles. The van der Waals surface area contributed by atoms with Crippen LogP contribution in [0.25, 0.3) is 11.0 Å². The number of nitrogens with zero attached hydrogens (tertiary/aromatic N) is 2. The predicted octanol–water partition coefficient (Wildman–Crippen LogP) is 4.00. The van der Waals surface area contributed by atoms with Crippen LogP contribution >= 0.6 is 15.9 Å². The fourth-order valence-corrected chi connectivity index (χ4v) is 5.01. The molecule has 1 saturated carbocycles. The molecule has 2 fully saturated rings. The summed E-state index contributed by atoms with van der Waals surface area (Å²) >= 11 is 3.67. The molecule has 1 amide bonds. The Kier molecular flexibility index (Phi) is 4.80. The van der Waals surface area contributed by atoms with Crippen molar-refractivity contribution in [1.29, 1.82) is 0 Å². The minimum absolute atomic E-state index is 0.0225. The number of piperidine rings is 1. The number of hydrogen-bond donors (Lipinski definition) is 3. The summed E-state index contributed by atoms with van der Waals surface area (Å²) in [5.41, 5.74) is 10.1. The zero-order valence-electron chi connectivity index (χ0n) is 16.1. The third kappa shape index (κ3) is 3.53. The van der Waals surface area contributed by atoms with Crippen molar-refractivity contribution in [2.24, 2.45) is 11.7 Å². The molecule has 1 aliphatic heterocycles. The van der Waals surface area contributed by atoms with Gasteiger partial charge in [-0.1, -0.05) is 30.3 Å². The number of carbonyl (C=O) groups is 1. The number of pyridine rings is 1. The summed E-state index contributed by atoms with van der Waals surface area (Å²) in [6.45, 7) is 1.75. The van der Waals surface area contributed by atoms with Gasteiger partial charge in [0.05, 0.1) is 21.2 Å². The molecule has 2 aromatic heterocycles. The standard InChI is InChI=1S/C22H24BrN5O/c23-17-10-25-21-19(20(17)28-8-4-7-14(24)12-28)18(11-26-21)27-22(29)16-9-15(16)13-5-2-1-3-6-13/h1-3,5-6,10-11,14-16H,4,7-9,12,24H2,(H,25,26)(H,27,29)/t14-,15-,16?/m1/s1. The Morgan fingerprint density at radius 3 is 2.93 bits per heavy atom. The number of hydrogen-bond acceptors (Lipinski definition) is 4. The zero-order valence-corrected chi connectivity index (χ0v) is 17.7. The Morgan fingerprint density at radius 1 is 1.31 bits per heavy atom. The van der Waals surface area contributed by atoms with E-state index in [0.29, 0.717) is 5.92 Å². The number of halogens is 1. The van der Waals surface area contributed by atoms with Gasteiger partial charge in [0.25, 0.3) is 0 Å². The van der Waals surface area contributed by atoms with Gasteiger partial charge in [-0.05, 0) is 46.7 Å². The quantitative estimate of drug-likeness (QED) is 0.557. The molecule has 29 heavy (non-hydrogen) atoms. The highest BCUT2D eigenvalue weighted by Crippen LogP contribution is 2.48. The summed E-state index contributed by atoms with van der Waals surface area (Å²) in [6.07, 6.45) is 6.65. The first kappa shape index (κ1) is 18.6. The Morgan fingerprint density at radius 2 is 2.14 bits per heavy atom. The molecule has 0 spiro atoms. The molecular weight excluding hydrogens is 430 g/mol. The van der Waals surface area contributed by atoms with Crippen LogP contribution in [-0.4, -0.2) is 35.0 Å². The highest BCUT2D eigenvalue weighted by atomic mass is 79.9. The second kappa shape index (κ2) is 7.46. The highest BCUT2D eigenvalue weighted by Gasteiger charge is 2.44. The number of carbonyl (C=O) groups excluding carboxylic acids is 1. The Hall–Kier alpha value is -2.38. The van der Waals surface area contributed by atoms with Crippen molar-refractivity contribution in [3.63, 3.8) is 0 Å². The maximum atomic E-state index is 12.9. The fourth-order valence-electron chi connectivity index (χ4n) is 4.46. The molecule has 1 aliphatic carbocycles. The first-order valence-electron chi connectivity index (χ1n) is 10.1. The summed E-state index contributed by atoms with van der Waals surface area (Å²) in [6, 6.07) is 10.4. The number of rotatable bonds is 4. The summed E-state index contributed by atoms with van der Waals surface area (Å²) in [4.78, 5) is 22.9. The molecule has 3 aromatic rings. The minimum atomic E-state index is 0.0225. The lowest BCUT2D eigenvalue weighted by molar-refractivity contribution is -0.117. The van der Waals surface area contributed by atoms with Crippen LogP contribution in [0.3, 0.4) is 0 Å². The van der Waals surface area contributed by atoms with Crippen LogP contribution in [0.4, 0.5) is 11.4 Å². The smallest absolute Gasteiger partial charge is 0.228 e. The number of fused-ring (bicyclic) bond motifs is 1. The largest absolute Gasteiger partial charge is 0.368 e. The predicted molar refractivity (Wildman–Crippen MR) is 119 cm³/mol. The topological polar surface area (TPSA) is 87.0 Å².